The van der Waals surface area contributed by atoms with Gasteiger partial charge in [-0.05, 0) is 30.5 Å². The van der Waals surface area contributed by atoms with E-state index in [1.54, 1.807) is 14.2 Å². The van der Waals surface area contributed by atoms with Crippen molar-refractivity contribution in [3.63, 3.8) is 0 Å². The zero-order chi connectivity index (χ0) is 15.4. The predicted octanol–water partition coefficient (Wildman–Crippen LogP) is 2.94. The first kappa shape index (κ1) is 15.1. The van der Waals surface area contributed by atoms with Gasteiger partial charge < -0.3 is 15.2 Å². The van der Waals surface area contributed by atoms with Crippen molar-refractivity contribution in [1.29, 1.82) is 0 Å². The Kier molecular flexibility index (Phi) is 4.62. The van der Waals surface area contributed by atoms with Gasteiger partial charge in [-0.15, -0.1) is 0 Å². The number of hydrogen-bond donors (Lipinski definition) is 1. The number of hydrogen-bond acceptors (Lipinski definition) is 5. The van der Waals surface area contributed by atoms with Crippen molar-refractivity contribution in [2.24, 2.45) is 5.92 Å². The molecule has 0 amide bonds. The fraction of sp³-hybridized carbons (Fsp3) is 0.375. The van der Waals surface area contributed by atoms with Crippen LogP contribution in [-0.2, 0) is 6.42 Å². The minimum absolute atomic E-state index is 0.459. The minimum Gasteiger partial charge on any atom is -0.497 e. The molecule has 0 saturated carbocycles. The van der Waals surface area contributed by atoms with Gasteiger partial charge in [0, 0.05) is 11.8 Å². The van der Waals surface area contributed by atoms with E-state index in [2.05, 4.69) is 23.8 Å². The Labute approximate surface area is 125 Å². The summed E-state index contributed by atoms with van der Waals surface area (Å²) in [4.78, 5) is 8.93. The quantitative estimate of drug-likeness (QED) is 0.915. The van der Waals surface area contributed by atoms with Crippen LogP contribution in [0.5, 0.6) is 11.5 Å². The fourth-order valence-corrected chi connectivity index (χ4v) is 2.15. The molecule has 0 saturated heterocycles. The average molecular weight is 287 g/mol. The van der Waals surface area contributed by atoms with Crippen molar-refractivity contribution in [3.8, 4) is 22.9 Å². The molecule has 2 N–H and O–H groups in total. The largest absolute Gasteiger partial charge is 0.497 e. The van der Waals surface area contributed by atoms with E-state index in [4.69, 9.17) is 15.2 Å². The first-order valence-corrected chi connectivity index (χ1v) is 6.89. The van der Waals surface area contributed by atoms with Crippen LogP contribution in [-0.4, -0.2) is 24.2 Å². The van der Waals surface area contributed by atoms with Gasteiger partial charge in [-0.3, -0.25) is 0 Å². The highest BCUT2D eigenvalue weighted by atomic mass is 16.5. The van der Waals surface area contributed by atoms with Gasteiger partial charge in [0.15, 0.2) is 5.82 Å². The Balaban J connectivity index is 2.52. The average Bonchev–Trinajstić information content (AvgIpc) is 2.45. The van der Waals surface area contributed by atoms with Crippen LogP contribution >= 0.6 is 0 Å². The van der Waals surface area contributed by atoms with Crippen LogP contribution in [0.4, 0.5) is 5.82 Å². The normalized spacial score (nSPS) is 10.7. The summed E-state index contributed by atoms with van der Waals surface area (Å²) >= 11 is 0. The van der Waals surface area contributed by atoms with Crippen LogP contribution < -0.4 is 15.2 Å². The molecule has 2 rings (SSSR count). The van der Waals surface area contributed by atoms with Gasteiger partial charge in [0.25, 0.3) is 0 Å². The van der Waals surface area contributed by atoms with Gasteiger partial charge in [-0.25, -0.2) is 9.97 Å². The number of rotatable bonds is 5. The third-order valence-corrected chi connectivity index (χ3v) is 3.06. The monoisotopic (exact) mass is 287 g/mol. The maximum absolute atomic E-state index is 5.91. The van der Waals surface area contributed by atoms with Crippen LogP contribution in [0.2, 0.25) is 0 Å². The van der Waals surface area contributed by atoms with Crippen LogP contribution in [0, 0.1) is 5.92 Å². The molecule has 21 heavy (non-hydrogen) atoms. The standard InChI is InChI=1S/C16H21N3O2/c1-10(2)7-11-8-15(17)19-16(18-11)13-9-12(20-3)5-6-14(13)21-4/h5-6,8-10H,7H2,1-4H3,(H2,17,18,19). The lowest BCUT2D eigenvalue weighted by Crippen LogP contribution is -2.04. The van der Waals surface area contributed by atoms with E-state index in [0.717, 1.165) is 23.4 Å². The number of anilines is 1. The van der Waals surface area contributed by atoms with Gasteiger partial charge in [0.2, 0.25) is 0 Å². The SMILES string of the molecule is COc1ccc(OC)c(-c2nc(N)cc(CC(C)C)n2)c1. The number of benzene rings is 1. The van der Waals surface area contributed by atoms with E-state index in [9.17, 15) is 0 Å². The number of nitrogens with zero attached hydrogens (tertiary/aromatic N) is 2. The van der Waals surface area contributed by atoms with E-state index in [1.807, 2.05) is 24.3 Å². The summed E-state index contributed by atoms with van der Waals surface area (Å²) in [5.41, 5.74) is 7.61. The molecule has 1 aromatic carbocycles. The Hall–Kier alpha value is -2.30. The number of nitrogens with two attached hydrogens (primary N) is 1. The van der Waals surface area contributed by atoms with Crippen molar-refractivity contribution in [2.45, 2.75) is 20.3 Å². The highest BCUT2D eigenvalue weighted by molar-refractivity contribution is 5.67. The Morgan fingerprint density at radius 2 is 1.86 bits per heavy atom. The molecule has 0 bridgehead atoms. The maximum Gasteiger partial charge on any atom is 0.165 e. The number of methoxy groups -OCH3 is 2. The van der Waals surface area contributed by atoms with Crippen molar-refractivity contribution in [2.75, 3.05) is 20.0 Å². The zero-order valence-corrected chi connectivity index (χ0v) is 12.9. The highest BCUT2D eigenvalue weighted by Gasteiger charge is 2.13. The van der Waals surface area contributed by atoms with E-state index in [-0.39, 0.29) is 0 Å². The molecule has 0 aliphatic heterocycles. The van der Waals surface area contributed by atoms with Crippen LogP contribution in [0.1, 0.15) is 19.5 Å². The van der Waals surface area contributed by atoms with E-state index < -0.39 is 0 Å². The Morgan fingerprint density at radius 3 is 2.48 bits per heavy atom. The molecule has 0 aliphatic rings. The minimum atomic E-state index is 0.459. The highest BCUT2D eigenvalue weighted by Crippen LogP contribution is 2.32. The predicted molar refractivity (Wildman–Crippen MR) is 83.5 cm³/mol. The Morgan fingerprint density at radius 1 is 1.10 bits per heavy atom. The fourth-order valence-electron chi connectivity index (χ4n) is 2.15. The molecule has 5 heteroatoms. The molecular weight excluding hydrogens is 266 g/mol. The van der Waals surface area contributed by atoms with Crippen LogP contribution in [0.15, 0.2) is 24.3 Å². The molecule has 0 fully saturated rings. The molecule has 0 unspecified atom stereocenters. The lowest BCUT2D eigenvalue weighted by molar-refractivity contribution is 0.404. The number of aromatic nitrogens is 2. The van der Waals surface area contributed by atoms with Gasteiger partial charge in [-0.2, -0.15) is 0 Å². The summed E-state index contributed by atoms with van der Waals surface area (Å²) in [6, 6.07) is 7.34. The molecule has 1 heterocycles. The molecule has 1 aromatic heterocycles. The summed E-state index contributed by atoms with van der Waals surface area (Å²) in [6.45, 7) is 4.29. The van der Waals surface area contributed by atoms with Crippen LogP contribution in [0.25, 0.3) is 11.4 Å². The summed E-state index contributed by atoms with van der Waals surface area (Å²) in [7, 11) is 3.24. The van der Waals surface area contributed by atoms with E-state index >= 15 is 0 Å². The van der Waals surface area contributed by atoms with Gasteiger partial charge in [-0.1, -0.05) is 13.8 Å². The Bertz CT molecular complexity index is 627. The van der Waals surface area contributed by atoms with Crippen molar-refractivity contribution in [3.05, 3.63) is 30.0 Å². The molecular formula is C16H21N3O2. The molecule has 0 atom stereocenters. The van der Waals surface area contributed by atoms with Gasteiger partial charge in [0.05, 0.1) is 19.8 Å². The number of ether oxygens (including phenoxy) is 2. The van der Waals surface area contributed by atoms with Crippen molar-refractivity contribution < 1.29 is 9.47 Å². The van der Waals surface area contributed by atoms with Crippen LogP contribution in [0.3, 0.4) is 0 Å². The third kappa shape index (κ3) is 3.62. The number of nitrogen functional groups attached to an aromatic ring is 1. The lowest BCUT2D eigenvalue weighted by Gasteiger charge is -2.12. The van der Waals surface area contributed by atoms with Gasteiger partial charge >= 0.3 is 0 Å². The molecule has 112 valence electrons. The summed E-state index contributed by atoms with van der Waals surface area (Å²) in [5.74, 6) is 2.93. The molecule has 0 aliphatic carbocycles. The van der Waals surface area contributed by atoms with Gasteiger partial charge in [0.1, 0.15) is 17.3 Å². The van der Waals surface area contributed by atoms with Crippen molar-refractivity contribution >= 4 is 5.82 Å². The summed E-state index contributed by atoms with van der Waals surface area (Å²) in [6.07, 6.45) is 0.853. The molecule has 0 spiro atoms. The zero-order valence-electron chi connectivity index (χ0n) is 12.9. The topological polar surface area (TPSA) is 70.3 Å². The molecule has 5 nitrogen and oxygen atoms in total. The second-order valence-electron chi connectivity index (χ2n) is 5.27. The van der Waals surface area contributed by atoms with E-state index in [0.29, 0.717) is 23.3 Å². The third-order valence-electron chi connectivity index (χ3n) is 3.06. The maximum atomic E-state index is 5.91. The summed E-state index contributed by atoms with van der Waals surface area (Å²) in [5, 5.41) is 0. The second-order valence-corrected chi connectivity index (χ2v) is 5.27. The van der Waals surface area contributed by atoms with E-state index in [1.165, 1.54) is 0 Å². The first-order valence-electron chi connectivity index (χ1n) is 6.89. The smallest absolute Gasteiger partial charge is 0.165 e. The molecule has 2 aromatic rings. The molecule has 0 radical (unpaired) electrons. The summed E-state index contributed by atoms with van der Waals surface area (Å²) < 4.78 is 10.6. The lowest BCUT2D eigenvalue weighted by atomic mass is 10.1. The van der Waals surface area contributed by atoms with Crippen molar-refractivity contribution in [1.82, 2.24) is 9.97 Å². The first-order chi connectivity index (χ1) is 10.0. The second kappa shape index (κ2) is 6.43.